The first-order valence-electron chi connectivity index (χ1n) is 14.5. The van der Waals surface area contributed by atoms with E-state index >= 15 is 0 Å². The van der Waals surface area contributed by atoms with Gasteiger partial charge in [0, 0.05) is 21.9 Å². The van der Waals surface area contributed by atoms with Crippen LogP contribution in [0.2, 0.25) is 0 Å². The maximum absolute atomic E-state index is 12.1. The van der Waals surface area contributed by atoms with Crippen LogP contribution in [-0.4, -0.2) is 23.2 Å². The topological polar surface area (TPSA) is 46.5 Å². The van der Waals surface area contributed by atoms with E-state index in [9.17, 15) is 9.90 Å². The summed E-state index contributed by atoms with van der Waals surface area (Å²) < 4.78 is 139. The summed E-state index contributed by atoms with van der Waals surface area (Å²) in [6, 6.07) is 7.15. The van der Waals surface area contributed by atoms with Crippen LogP contribution in [0.1, 0.15) is 86.0 Å². The van der Waals surface area contributed by atoms with Crippen LogP contribution in [-0.2, 0) is 4.74 Å². The normalized spacial score (nSPS) is 56.0. The SMILES string of the molecule is [2H]C1([2H])C([2H])([2H])C([2H])([2H])C([2H])(O)C1([2H])[2H].[2H]C1([2H])C([2H])([2H])C([2H])([2H])C([2H])(OC(=O)c2ccccc2)C1([2H])[2H]. The maximum Gasteiger partial charge on any atom is 0.338 e. The van der Waals surface area contributed by atoms with Gasteiger partial charge in [0.1, 0.15) is 6.08 Å². The molecule has 3 rings (SSSR count). The Bertz CT molecular complexity index is 965. The van der Waals surface area contributed by atoms with E-state index in [1.807, 2.05) is 0 Å². The summed E-state index contributed by atoms with van der Waals surface area (Å²) >= 11 is 0. The average molecular weight is 294 g/mol. The predicted octanol–water partition coefficient (Wildman–Crippen LogP) is 3.71. The molecule has 0 spiro atoms. The Balaban J connectivity index is 0.000000293. The van der Waals surface area contributed by atoms with E-state index in [1.165, 1.54) is 24.3 Å². The number of carbonyl (C=O) groups excluding carboxylic acids is 1. The molecule has 3 nitrogen and oxygen atoms in total. The molecule has 2 saturated carbocycles. The summed E-state index contributed by atoms with van der Waals surface area (Å²) in [6.07, 6.45) is -33.8. The van der Waals surface area contributed by atoms with Crippen molar-refractivity contribution in [2.45, 2.75) is 63.1 Å². The van der Waals surface area contributed by atoms with Gasteiger partial charge in [-0.1, -0.05) is 30.9 Å². The Kier molecular flexibility index (Phi) is 1.65. The Morgan fingerprint density at radius 3 is 2.15 bits per heavy atom. The van der Waals surface area contributed by atoms with Crippen molar-refractivity contribution in [1.82, 2.24) is 0 Å². The van der Waals surface area contributed by atoms with Gasteiger partial charge in [0.15, 0.2) is 0 Å². The number of esters is 1. The largest absolute Gasteiger partial charge is 0.459 e. The van der Waals surface area contributed by atoms with Gasteiger partial charge >= 0.3 is 5.97 Å². The number of hydrogen-bond acceptors (Lipinski definition) is 3. The van der Waals surface area contributed by atoms with Gasteiger partial charge in [0.25, 0.3) is 0 Å². The molecule has 3 heteroatoms. The van der Waals surface area contributed by atoms with Crippen LogP contribution in [0.5, 0.6) is 0 Å². The molecule has 0 amide bonds. The van der Waals surface area contributed by atoms with Gasteiger partial charge in [-0.2, -0.15) is 0 Å². The Labute approximate surface area is 146 Å². The summed E-state index contributed by atoms with van der Waals surface area (Å²) in [6.45, 7) is 0. The third-order valence-corrected chi connectivity index (χ3v) is 2.04. The summed E-state index contributed by atoms with van der Waals surface area (Å²) in [4.78, 5) is 12.1. The van der Waals surface area contributed by atoms with Crippen LogP contribution < -0.4 is 0 Å². The van der Waals surface area contributed by atoms with Crippen LogP contribution in [0.15, 0.2) is 30.3 Å². The molecule has 2 fully saturated rings. The molecule has 0 saturated heterocycles. The lowest BCUT2D eigenvalue weighted by Crippen LogP contribution is -2.14. The highest BCUT2D eigenvalue weighted by atomic mass is 16.5. The Hall–Kier alpha value is -1.35. The molecule has 2 aliphatic carbocycles. The molecule has 110 valence electrons. The van der Waals surface area contributed by atoms with E-state index < -0.39 is 69.1 Å². The molecule has 0 bridgehead atoms. The van der Waals surface area contributed by atoms with Crippen molar-refractivity contribution in [3.63, 3.8) is 0 Å². The predicted molar refractivity (Wildman–Crippen MR) is 78.6 cm³/mol. The zero-order valence-electron chi connectivity index (χ0n) is 28.2. The molecule has 0 aromatic heterocycles. The highest BCUT2D eigenvalue weighted by Gasteiger charge is 2.19. The molecule has 1 aromatic rings. The third-order valence-electron chi connectivity index (χ3n) is 2.04. The summed E-state index contributed by atoms with van der Waals surface area (Å²) in [5.74, 6) is -1.23. The molecule has 1 N–H and O–H groups in total. The average Bonchev–Trinajstić information content (AvgIpc) is 2.85. The van der Waals surface area contributed by atoms with Crippen molar-refractivity contribution >= 4 is 5.97 Å². The lowest BCUT2D eigenvalue weighted by Gasteiger charge is -2.10. The van der Waals surface area contributed by atoms with Gasteiger partial charge in [-0.15, -0.1) is 0 Å². The highest BCUT2D eigenvalue weighted by Crippen LogP contribution is 2.22. The fourth-order valence-electron chi connectivity index (χ4n) is 1.20. The number of benzene rings is 1. The minimum Gasteiger partial charge on any atom is -0.459 e. The molecule has 20 heavy (non-hydrogen) atoms. The van der Waals surface area contributed by atoms with Gasteiger partial charge in [0.2, 0.25) is 0 Å². The molecule has 0 heterocycles. The van der Waals surface area contributed by atoms with Gasteiger partial charge in [-0.3, -0.25) is 0 Å². The van der Waals surface area contributed by atoms with E-state index in [4.69, 9.17) is 24.7 Å². The van der Waals surface area contributed by atoms with Gasteiger partial charge < -0.3 is 9.84 Å². The summed E-state index contributed by atoms with van der Waals surface area (Å²) in [5.41, 5.74) is -0.0845. The van der Waals surface area contributed by atoms with Crippen LogP contribution in [0, 0.1) is 0 Å². The van der Waals surface area contributed by atoms with Gasteiger partial charge in [-0.25, -0.2) is 4.79 Å². The monoisotopic (exact) mass is 294 g/mol. The molecule has 0 radical (unpaired) electrons. The lowest BCUT2D eigenvalue weighted by molar-refractivity contribution is 0.0318. The first kappa shape index (κ1) is 4.10. The molecule has 0 atom stereocenters. The quantitative estimate of drug-likeness (QED) is 0.846. The zero-order chi connectivity index (χ0) is 30.4. The van der Waals surface area contributed by atoms with Crippen molar-refractivity contribution in [3.05, 3.63) is 35.9 Å². The van der Waals surface area contributed by atoms with E-state index in [1.54, 1.807) is 6.07 Å². The molecular formula is C17H24O3. The standard InChI is InChI=1S/C12H14O2.C5H10O/c13-12(10-6-2-1-3-7-10)14-11-8-4-5-9-11;6-5-3-1-2-4-5/h1-3,6-7,11H,4-5,8-9H2;5-6H,1-4H2/i4D2,5D2,8D2,9D2,11D;1D2,2D2,3D2,4D2,5D. The van der Waals surface area contributed by atoms with Gasteiger partial charge in [-0.05, 0) is 50.4 Å². The number of carbonyl (C=O) groups is 1. The molecule has 1 aromatic carbocycles. The fourth-order valence-corrected chi connectivity index (χ4v) is 1.20. The maximum atomic E-state index is 12.1. The number of aliphatic hydroxyl groups is 1. The van der Waals surface area contributed by atoms with Crippen molar-refractivity contribution in [1.29, 1.82) is 0 Å². The van der Waals surface area contributed by atoms with Crippen molar-refractivity contribution in [2.75, 3.05) is 0 Å². The van der Waals surface area contributed by atoms with Crippen LogP contribution in [0.25, 0.3) is 0 Å². The Morgan fingerprint density at radius 2 is 1.65 bits per heavy atom. The third kappa shape index (κ3) is 4.97. The number of rotatable bonds is 2. The van der Waals surface area contributed by atoms with E-state index in [2.05, 4.69) is 4.74 Å². The second-order valence-electron chi connectivity index (χ2n) is 3.43. The fraction of sp³-hybridized carbons (Fsp3) is 0.588. The van der Waals surface area contributed by atoms with Crippen molar-refractivity contribution < 1.29 is 39.3 Å². The highest BCUT2D eigenvalue weighted by molar-refractivity contribution is 5.89. The summed E-state index contributed by atoms with van der Waals surface area (Å²) in [5, 5.41) is 9.36. The van der Waals surface area contributed by atoms with E-state index in [0.29, 0.717) is 0 Å². The number of hydrogen-bond donors (Lipinski definition) is 1. The van der Waals surface area contributed by atoms with E-state index in [0.717, 1.165) is 0 Å². The lowest BCUT2D eigenvalue weighted by atomic mass is 10.2. The first-order valence-corrected chi connectivity index (χ1v) is 5.50. The molecule has 2 aliphatic rings. The molecular weight excluding hydrogens is 252 g/mol. The molecule has 0 aliphatic heterocycles. The zero-order valence-corrected chi connectivity index (χ0v) is 10.2. The minimum absolute atomic E-state index is 0.0845. The first-order chi connectivity index (χ1) is 16.5. The second kappa shape index (κ2) is 8.05. The summed E-state index contributed by atoms with van der Waals surface area (Å²) in [7, 11) is 0. The second-order valence-corrected chi connectivity index (χ2v) is 3.43. The minimum atomic E-state index is -3.48. The smallest absolute Gasteiger partial charge is 0.338 e. The molecule has 0 unspecified atom stereocenters. The van der Waals surface area contributed by atoms with Crippen molar-refractivity contribution in [2.24, 2.45) is 0 Å². The van der Waals surface area contributed by atoms with Crippen LogP contribution >= 0.6 is 0 Å². The Morgan fingerprint density at radius 1 is 1.10 bits per heavy atom. The van der Waals surface area contributed by atoms with Gasteiger partial charge in [0.05, 0.1) is 14.4 Å². The van der Waals surface area contributed by atoms with Crippen molar-refractivity contribution in [3.8, 4) is 0 Å². The van der Waals surface area contributed by atoms with Crippen LogP contribution in [0.4, 0.5) is 0 Å². The number of ether oxygens (including phenoxy) is 1. The van der Waals surface area contributed by atoms with Crippen LogP contribution in [0.3, 0.4) is 0 Å². The van der Waals surface area contributed by atoms with E-state index in [-0.39, 0.29) is 5.56 Å².